The van der Waals surface area contributed by atoms with Crippen LogP contribution in [0.2, 0.25) is 0 Å². The Hall–Kier alpha value is -3.48. The zero-order chi connectivity index (χ0) is 22.2. The number of nitrogens with one attached hydrogen (secondary N) is 1. The number of anilines is 1. The lowest BCUT2D eigenvalue weighted by atomic mass is 10.1. The number of hydrogen-bond donors (Lipinski definition) is 1. The van der Waals surface area contributed by atoms with Gasteiger partial charge in [-0.05, 0) is 38.1 Å². The van der Waals surface area contributed by atoms with Crippen molar-refractivity contribution in [2.45, 2.75) is 25.2 Å². The fourth-order valence-corrected chi connectivity index (χ4v) is 3.49. The van der Waals surface area contributed by atoms with Gasteiger partial charge in [0.05, 0.1) is 22.7 Å². The summed E-state index contributed by atoms with van der Waals surface area (Å²) in [6.45, 7) is 3.69. The number of benzene rings is 1. The van der Waals surface area contributed by atoms with Crippen molar-refractivity contribution < 1.29 is 18.0 Å². The van der Waals surface area contributed by atoms with Crippen LogP contribution in [0.25, 0.3) is 11.5 Å². The summed E-state index contributed by atoms with van der Waals surface area (Å²) in [4.78, 5) is 24.8. The second-order valence-corrected chi connectivity index (χ2v) is 7.49. The lowest BCUT2D eigenvalue weighted by Gasteiger charge is -2.14. The lowest BCUT2D eigenvalue weighted by Crippen LogP contribution is -2.17. The molecule has 0 saturated heterocycles. The first-order chi connectivity index (χ1) is 14.7. The average Bonchev–Trinajstić information content (AvgIpc) is 3.35. The topological polar surface area (TPSA) is 103 Å². The molecule has 0 bridgehead atoms. The van der Waals surface area contributed by atoms with E-state index in [4.69, 9.17) is 0 Å². The summed E-state index contributed by atoms with van der Waals surface area (Å²) in [5.74, 6) is -0.223. The zero-order valence-electron chi connectivity index (χ0n) is 16.3. The Bertz CT molecular complexity index is 1250. The average molecular weight is 448 g/mol. The molecule has 0 aliphatic carbocycles. The number of rotatable bonds is 5. The quantitative estimate of drug-likeness (QED) is 0.468. The maximum absolute atomic E-state index is 13.1. The van der Waals surface area contributed by atoms with Crippen molar-refractivity contribution >= 4 is 29.1 Å². The fourth-order valence-electron chi connectivity index (χ4n) is 2.87. The van der Waals surface area contributed by atoms with Crippen LogP contribution in [0.3, 0.4) is 0 Å². The highest BCUT2D eigenvalue weighted by Gasteiger charge is 2.31. The Kier molecular flexibility index (Phi) is 5.35. The van der Waals surface area contributed by atoms with E-state index in [0.717, 1.165) is 35.3 Å². The normalized spacial score (nSPS) is 11.8. The van der Waals surface area contributed by atoms with Crippen molar-refractivity contribution in [3.05, 3.63) is 53.9 Å². The molecule has 31 heavy (non-hydrogen) atoms. The van der Waals surface area contributed by atoms with Gasteiger partial charge in [0.25, 0.3) is 5.78 Å². The molecule has 0 unspecified atom stereocenters. The third-order valence-electron chi connectivity index (χ3n) is 4.19. The summed E-state index contributed by atoms with van der Waals surface area (Å²) in [5, 5.41) is 11.0. The molecule has 0 spiro atoms. The van der Waals surface area contributed by atoms with Crippen LogP contribution in [0.5, 0.6) is 0 Å². The molecule has 1 aromatic carbocycles. The highest BCUT2D eigenvalue weighted by atomic mass is 32.2. The number of thioether (sulfide) groups is 1. The maximum Gasteiger partial charge on any atom is 0.416 e. The van der Waals surface area contributed by atoms with Gasteiger partial charge in [0, 0.05) is 11.4 Å². The van der Waals surface area contributed by atoms with E-state index in [1.807, 2.05) is 19.9 Å². The molecular formula is C18H15F3N8OS. The number of hydrogen-bond acceptors (Lipinski definition) is 7. The molecule has 4 aromatic rings. The summed E-state index contributed by atoms with van der Waals surface area (Å²) in [6.07, 6.45) is -1.99. The molecule has 0 saturated carbocycles. The van der Waals surface area contributed by atoms with Crippen LogP contribution in [0.1, 0.15) is 17.0 Å². The van der Waals surface area contributed by atoms with Gasteiger partial charge in [-0.1, -0.05) is 11.8 Å². The Labute approximate surface area is 177 Å². The molecule has 13 heteroatoms. The third kappa shape index (κ3) is 4.50. The molecule has 1 N–H and O–H groups in total. The van der Waals surface area contributed by atoms with Gasteiger partial charge in [-0.2, -0.15) is 23.3 Å². The predicted octanol–water partition coefficient (Wildman–Crippen LogP) is 3.07. The van der Waals surface area contributed by atoms with E-state index in [9.17, 15) is 18.0 Å². The number of alkyl halides is 3. The van der Waals surface area contributed by atoms with Crippen molar-refractivity contribution in [3.8, 4) is 5.69 Å². The van der Waals surface area contributed by atoms with Crippen LogP contribution in [-0.4, -0.2) is 46.0 Å². The van der Waals surface area contributed by atoms with Gasteiger partial charge >= 0.3 is 6.18 Å². The SMILES string of the molecule is Cc1cc(C)n2nc(SCC(=O)Nc3cc(C(F)(F)F)ccc3-n3cncn3)nc2n1. The van der Waals surface area contributed by atoms with Crippen LogP contribution in [0, 0.1) is 13.8 Å². The van der Waals surface area contributed by atoms with E-state index >= 15 is 0 Å². The van der Waals surface area contributed by atoms with Crippen LogP contribution >= 0.6 is 11.8 Å². The van der Waals surface area contributed by atoms with Crippen LogP contribution in [-0.2, 0) is 11.0 Å². The molecule has 1 amide bonds. The van der Waals surface area contributed by atoms with Gasteiger partial charge in [-0.25, -0.2) is 19.2 Å². The number of nitrogens with zero attached hydrogens (tertiary/aromatic N) is 7. The molecule has 0 fully saturated rings. The van der Waals surface area contributed by atoms with Crippen molar-refractivity contribution in [3.63, 3.8) is 0 Å². The highest BCUT2D eigenvalue weighted by Crippen LogP contribution is 2.33. The van der Waals surface area contributed by atoms with Crippen LogP contribution < -0.4 is 5.32 Å². The largest absolute Gasteiger partial charge is 0.416 e. The Morgan fingerprint density at radius 2 is 2.00 bits per heavy atom. The Morgan fingerprint density at radius 3 is 2.71 bits per heavy atom. The second kappa shape index (κ2) is 7.98. The number of amides is 1. The Balaban J connectivity index is 1.53. The monoisotopic (exact) mass is 448 g/mol. The number of carbonyl (C=O) groups excluding carboxylic acids is 1. The first kappa shape index (κ1) is 20.8. The molecular weight excluding hydrogens is 433 g/mol. The highest BCUT2D eigenvalue weighted by molar-refractivity contribution is 7.99. The molecule has 0 aliphatic rings. The van der Waals surface area contributed by atoms with Gasteiger partial charge in [-0.15, -0.1) is 5.10 Å². The Morgan fingerprint density at radius 1 is 1.19 bits per heavy atom. The first-order valence-electron chi connectivity index (χ1n) is 8.90. The van der Waals surface area contributed by atoms with Gasteiger partial charge in [-0.3, -0.25) is 4.79 Å². The van der Waals surface area contributed by atoms with E-state index < -0.39 is 17.6 Å². The van der Waals surface area contributed by atoms with E-state index in [1.165, 1.54) is 23.4 Å². The van der Waals surface area contributed by atoms with Crippen molar-refractivity contribution in [2.24, 2.45) is 0 Å². The molecule has 0 aliphatic heterocycles. The van der Waals surface area contributed by atoms with Gasteiger partial charge < -0.3 is 5.32 Å². The number of aromatic nitrogens is 7. The number of aryl methyl sites for hydroxylation is 2. The summed E-state index contributed by atoms with van der Waals surface area (Å²) >= 11 is 1.05. The number of fused-ring (bicyclic) bond motifs is 1. The van der Waals surface area contributed by atoms with E-state index in [0.29, 0.717) is 10.9 Å². The summed E-state index contributed by atoms with van der Waals surface area (Å²) in [7, 11) is 0. The molecule has 3 heterocycles. The van der Waals surface area contributed by atoms with E-state index in [2.05, 4.69) is 30.5 Å². The molecule has 0 radical (unpaired) electrons. The van der Waals surface area contributed by atoms with Crippen molar-refractivity contribution in [1.82, 2.24) is 34.3 Å². The van der Waals surface area contributed by atoms with Crippen molar-refractivity contribution in [2.75, 3.05) is 11.1 Å². The van der Waals surface area contributed by atoms with E-state index in [1.54, 1.807) is 4.52 Å². The second-order valence-electron chi connectivity index (χ2n) is 6.55. The smallest absolute Gasteiger partial charge is 0.323 e. The van der Waals surface area contributed by atoms with Gasteiger partial charge in [0.15, 0.2) is 0 Å². The molecule has 0 atom stereocenters. The molecule has 9 nitrogen and oxygen atoms in total. The molecule has 4 rings (SSSR count). The standard InChI is InChI=1S/C18H15F3N8OS/c1-10-5-11(2)29-16(24-10)26-17(27-29)31-7-15(30)25-13-6-12(18(19,20)21)3-4-14(13)28-9-22-8-23-28/h3-6,8-9H,7H2,1-2H3,(H,25,30). The van der Waals surface area contributed by atoms with Crippen LogP contribution in [0.15, 0.2) is 42.1 Å². The predicted molar refractivity (Wildman–Crippen MR) is 106 cm³/mol. The van der Waals surface area contributed by atoms with Gasteiger partial charge in [0.1, 0.15) is 12.7 Å². The minimum absolute atomic E-state index is 0.0398. The number of halogens is 3. The molecule has 3 aromatic heterocycles. The van der Waals surface area contributed by atoms with Crippen LogP contribution in [0.4, 0.5) is 18.9 Å². The number of carbonyl (C=O) groups is 1. The summed E-state index contributed by atoms with van der Waals surface area (Å²) in [5.41, 5.74) is 0.954. The first-order valence-corrected chi connectivity index (χ1v) is 9.89. The summed E-state index contributed by atoms with van der Waals surface area (Å²) in [6, 6.07) is 4.85. The van der Waals surface area contributed by atoms with Crippen molar-refractivity contribution in [1.29, 1.82) is 0 Å². The lowest BCUT2D eigenvalue weighted by molar-refractivity contribution is -0.137. The fraction of sp³-hybridized carbons (Fsp3) is 0.222. The van der Waals surface area contributed by atoms with Gasteiger partial charge in [0.2, 0.25) is 11.1 Å². The van der Waals surface area contributed by atoms with E-state index in [-0.39, 0.29) is 17.1 Å². The zero-order valence-corrected chi connectivity index (χ0v) is 17.1. The minimum atomic E-state index is -4.56. The molecule has 160 valence electrons. The maximum atomic E-state index is 13.1. The summed E-state index contributed by atoms with van der Waals surface area (Å²) < 4.78 is 42.2. The minimum Gasteiger partial charge on any atom is -0.323 e. The third-order valence-corrected chi connectivity index (χ3v) is 5.03.